The van der Waals surface area contributed by atoms with Crippen LogP contribution in [0, 0.1) is 0 Å². The molecule has 506 valence electrons. The number of aliphatic hydroxyl groups excluding tert-OH is 16. The van der Waals surface area contributed by atoms with E-state index in [1.54, 1.807) is 0 Å². The maximum absolute atomic E-state index is 14.1. The van der Waals surface area contributed by atoms with Crippen LogP contribution in [0.3, 0.4) is 0 Å². The summed E-state index contributed by atoms with van der Waals surface area (Å²) in [7, 11) is 0. The van der Waals surface area contributed by atoms with Crippen molar-refractivity contribution in [3.8, 4) is 0 Å². The van der Waals surface area contributed by atoms with Gasteiger partial charge in [0.15, 0.2) is 25.2 Å². The predicted octanol–water partition coefficient (Wildman–Crippen LogP) is -12.4. The quantitative estimate of drug-likeness (QED) is 0.0253. The van der Waals surface area contributed by atoms with E-state index in [0.717, 1.165) is 0 Å². The molecule has 37 nitrogen and oxygen atoms in total. The molecule has 0 spiro atoms. The Morgan fingerprint density at radius 3 is 0.736 bits per heavy atom. The summed E-state index contributed by atoms with van der Waals surface area (Å²) in [5.74, 6) is -5.51. The van der Waals surface area contributed by atoms with Gasteiger partial charge in [-0.1, -0.05) is 0 Å². The molecular formula is C50H89N5O32. The van der Waals surface area contributed by atoms with E-state index in [1.807, 2.05) is 0 Å². The van der Waals surface area contributed by atoms with Crippen LogP contribution in [0.15, 0.2) is 0 Å². The number of carbonyl (C=O) groups is 5. The van der Waals surface area contributed by atoms with Crippen molar-refractivity contribution < 1.29 is 159 Å². The van der Waals surface area contributed by atoms with Crippen LogP contribution < -0.4 is 0 Å². The molecule has 4 aliphatic heterocycles. The van der Waals surface area contributed by atoms with E-state index in [2.05, 4.69) is 0 Å². The Kier molecular flexibility index (Phi) is 33.2. The van der Waals surface area contributed by atoms with E-state index in [1.165, 1.54) is 24.5 Å². The van der Waals surface area contributed by atoms with Crippen molar-refractivity contribution >= 4 is 29.7 Å². The molecule has 4 fully saturated rings. The second-order valence-corrected chi connectivity index (χ2v) is 21.3. The molecule has 4 aliphatic rings. The molecule has 0 bridgehead atoms. The van der Waals surface area contributed by atoms with E-state index < -0.39 is 212 Å². The summed E-state index contributed by atoms with van der Waals surface area (Å²) in [6.07, 6.45) is -31.7. The number of ether oxygens (including phenoxy) is 8. The molecule has 4 heterocycles. The van der Waals surface area contributed by atoms with Gasteiger partial charge in [-0.2, -0.15) is 0 Å². The standard InChI is InChI=1S/C50H89N5O32/c56-22-26-35(68)39(72)43(76)47(84-26)80-13-1-5-54(6-2-14-81-48-44(77)40(73)36(69)27(23-57)85-48)30(60)17-52(20-33(64)65)11-9-51(19-32(62)63)10-12-53(21-34(66)67)18-31(61)55(7-3-15-82-49-45(78)41(74)37(70)28(24-58)86-49)8-4-16-83-50-46(79)42(75)38(71)29(25-59)87-50/h26-29,35-50,56-59,68-79H,1-25H2,(H,62,63)(H,64,65)(H,66,67)/t26-,27-,28+,29+,35-,36-,37+,38+,39+,40+,41-,42-,43+,44+,45-,46-,47?,48?,49?,50?. The highest BCUT2D eigenvalue weighted by Crippen LogP contribution is 2.26. The highest BCUT2D eigenvalue weighted by molar-refractivity contribution is 5.80. The third kappa shape index (κ3) is 23.5. The second kappa shape index (κ2) is 38.2. The van der Waals surface area contributed by atoms with Gasteiger partial charge in [-0.05, 0) is 25.7 Å². The van der Waals surface area contributed by atoms with Crippen molar-refractivity contribution in [1.29, 1.82) is 0 Å². The minimum Gasteiger partial charge on any atom is -0.480 e. The van der Waals surface area contributed by atoms with Crippen molar-refractivity contribution in [2.75, 3.05) is 138 Å². The fourth-order valence-corrected chi connectivity index (χ4v) is 9.78. The first-order valence-electron chi connectivity index (χ1n) is 28.3. The average molecular weight is 1270 g/mol. The summed E-state index contributed by atoms with van der Waals surface area (Å²) < 4.78 is 43.7. The van der Waals surface area contributed by atoms with E-state index in [4.69, 9.17) is 37.9 Å². The molecule has 0 radical (unpaired) electrons. The van der Waals surface area contributed by atoms with Gasteiger partial charge in [0.2, 0.25) is 11.8 Å². The number of nitrogens with zero attached hydrogens (tertiary/aromatic N) is 5. The van der Waals surface area contributed by atoms with Crippen molar-refractivity contribution in [1.82, 2.24) is 24.5 Å². The number of hydrogen-bond donors (Lipinski definition) is 19. The van der Waals surface area contributed by atoms with Gasteiger partial charge < -0.3 is 145 Å². The number of carboxylic acid groups (broad SMARTS) is 3. The Morgan fingerprint density at radius 2 is 0.517 bits per heavy atom. The number of hydrogen-bond acceptors (Lipinski definition) is 32. The molecule has 19 N–H and O–H groups in total. The zero-order chi connectivity index (χ0) is 64.7. The summed E-state index contributed by atoms with van der Waals surface area (Å²) in [5, 5.41) is 191. The van der Waals surface area contributed by atoms with Crippen molar-refractivity contribution in [3.05, 3.63) is 0 Å². The Labute approximate surface area is 498 Å². The van der Waals surface area contributed by atoms with Crippen LogP contribution in [-0.2, 0) is 61.9 Å². The van der Waals surface area contributed by atoms with Gasteiger partial charge in [0.1, 0.15) is 97.7 Å². The second-order valence-electron chi connectivity index (χ2n) is 21.3. The van der Waals surface area contributed by atoms with Crippen LogP contribution in [0.25, 0.3) is 0 Å². The number of carboxylic acids is 3. The van der Waals surface area contributed by atoms with Crippen LogP contribution in [0.4, 0.5) is 0 Å². The number of amides is 2. The zero-order valence-corrected chi connectivity index (χ0v) is 47.8. The molecule has 0 aliphatic carbocycles. The molecule has 0 aromatic carbocycles. The predicted molar refractivity (Wildman–Crippen MR) is 283 cm³/mol. The fourth-order valence-electron chi connectivity index (χ4n) is 9.78. The largest absolute Gasteiger partial charge is 0.480 e. The van der Waals surface area contributed by atoms with Crippen LogP contribution in [0.1, 0.15) is 25.7 Å². The third-order valence-electron chi connectivity index (χ3n) is 14.8. The smallest absolute Gasteiger partial charge is 0.317 e. The van der Waals surface area contributed by atoms with Gasteiger partial charge in [0.25, 0.3) is 0 Å². The highest BCUT2D eigenvalue weighted by atomic mass is 16.7. The Balaban J connectivity index is 1.44. The summed E-state index contributed by atoms with van der Waals surface area (Å²) in [6.45, 7) is -8.79. The Morgan fingerprint density at radius 1 is 0.299 bits per heavy atom. The van der Waals surface area contributed by atoms with Crippen LogP contribution in [0.2, 0.25) is 0 Å². The molecular weight excluding hydrogens is 1180 g/mol. The molecule has 4 rings (SSSR count). The lowest BCUT2D eigenvalue weighted by atomic mass is 9.99. The van der Waals surface area contributed by atoms with E-state index in [0.29, 0.717) is 0 Å². The van der Waals surface area contributed by atoms with E-state index in [9.17, 15) is 121 Å². The van der Waals surface area contributed by atoms with Crippen LogP contribution >= 0.6 is 0 Å². The van der Waals surface area contributed by atoms with Gasteiger partial charge in [0, 0.05) is 52.4 Å². The molecule has 4 unspecified atom stereocenters. The van der Waals surface area contributed by atoms with Crippen LogP contribution in [-0.4, -0.2) is 412 Å². The first kappa shape index (κ1) is 75.7. The van der Waals surface area contributed by atoms with Crippen molar-refractivity contribution in [3.63, 3.8) is 0 Å². The molecule has 0 aromatic rings. The average Bonchev–Trinajstić information content (AvgIpc) is 3.12. The fraction of sp³-hybridized carbons (Fsp3) is 0.900. The number of carbonyl (C=O) groups excluding carboxylic acids is 2. The molecule has 37 heteroatoms. The molecule has 20 atom stereocenters. The SMILES string of the molecule is O=C(O)CN(CCN(CC(=O)O)CC(=O)N(CCCOC1O[C@H](CO)[C@@H](O)[C@H](O)[C@@H]1O)CCCOC1O[C@H](CO)[C@@H](O)[C@H](O)[C@@H]1O)CCN(CC(=O)O)CC(=O)N(CCCOC1O[C@@H](CO)[C@H](O)[C@@H](O)[C@H]1O)CCCOC1O[C@@H](CO)[C@H](O)[C@@H](O)[C@H]1O. The monoisotopic (exact) mass is 1270 g/mol. The first-order valence-corrected chi connectivity index (χ1v) is 28.3. The first-order chi connectivity index (χ1) is 41.3. The van der Waals surface area contributed by atoms with Crippen molar-refractivity contribution in [2.24, 2.45) is 0 Å². The Bertz CT molecular complexity index is 1820. The van der Waals surface area contributed by atoms with Gasteiger partial charge in [-0.15, -0.1) is 0 Å². The molecule has 0 saturated carbocycles. The summed E-state index contributed by atoms with van der Waals surface area (Å²) in [6, 6.07) is 0. The number of aliphatic carboxylic acids is 3. The zero-order valence-electron chi connectivity index (χ0n) is 47.8. The maximum atomic E-state index is 14.1. The summed E-state index contributed by atoms with van der Waals surface area (Å²) in [4.78, 5) is 70.9. The lowest BCUT2D eigenvalue weighted by Gasteiger charge is -2.39. The molecule has 0 aromatic heterocycles. The van der Waals surface area contributed by atoms with Crippen LogP contribution in [0.5, 0.6) is 0 Å². The minimum atomic E-state index is -1.75. The summed E-state index contributed by atoms with van der Waals surface area (Å²) >= 11 is 0. The molecule has 2 amide bonds. The third-order valence-corrected chi connectivity index (χ3v) is 14.8. The number of aliphatic hydroxyl groups is 16. The normalized spacial score (nSPS) is 33.0. The highest BCUT2D eigenvalue weighted by Gasteiger charge is 2.47. The maximum Gasteiger partial charge on any atom is 0.317 e. The van der Waals surface area contributed by atoms with Gasteiger partial charge in [-0.3, -0.25) is 38.7 Å². The van der Waals surface area contributed by atoms with Gasteiger partial charge in [-0.25, -0.2) is 0 Å². The molecule has 4 saturated heterocycles. The number of rotatable bonds is 40. The minimum absolute atomic E-state index is 0.00662. The van der Waals surface area contributed by atoms with E-state index in [-0.39, 0.29) is 104 Å². The lowest BCUT2D eigenvalue weighted by molar-refractivity contribution is -0.301. The lowest BCUT2D eigenvalue weighted by Crippen LogP contribution is -2.59. The Hall–Kier alpha value is -3.73. The van der Waals surface area contributed by atoms with E-state index >= 15 is 0 Å². The topological polar surface area (TPSA) is 560 Å². The van der Waals surface area contributed by atoms with Gasteiger partial charge >= 0.3 is 17.9 Å². The molecule has 87 heavy (non-hydrogen) atoms. The van der Waals surface area contributed by atoms with Crippen molar-refractivity contribution in [2.45, 2.75) is 149 Å². The summed E-state index contributed by atoms with van der Waals surface area (Å²) in [5.41, 5.74) is 0. The van der Waals surface area contributed by atoms with Gasteiger partial charge in [0.05, 0.1) is 85.6 Å².